The van der Waals surface area contributed by atoms with Crippen molar-refractivity contribution >= 4 is 0 Å². The van der Waals surface area contributed by atoms with Gasteiger partial charge in [0.1, 0.15) is 0 Å². The van der Waals surface area contributed by atoms with E-state index in [0.29, 0.717) is 10.8 Å². The Kier molecular flexibility index (Phi) is 10.3. The van der Waals surface area contributed by atoms with Gasteiger partial charge in [-0.2, -0.15) is 0 Å². The van der Waals surface area contributed by atoms with Crippen LogP contribution in [0.15, 0.2) is 0 Å². The van der Waals surface area contributed by atoms with Crippen molar-refractivity contribution < 1.29 is 0 Å². The predicted molar refractivity (Wildman–Crippen MR) is 210 cm³/mol. The molecule has 8 fully saturated rings. The predicted octanol–water partition coefficient (Wildman–Crippen LogP) is 14.5. The standard InChI is InChI=1S/C49H84/c1-9-31(10-2)41-28-49(29-42(30(41)5)32(11-3)12-4)43-24-22-36-35(27-48(6,7)8)17-15-19-38(36)46(43)47-40-26-34-21-20-33-16-13-14-18-37(33)45(34)39(40)23-25-44(47)49/h30-47H,9-29H2,1-8H3. The highest BCUT2D eigenvalue weighted by atomic mass is 14.7. The molecule has 8 saturated carbocycles. The summed E-state index contributed by atoms with van der Waals surface area (Å²) >= 11 is 0. The van der Waals surface area contributed by atoms with Crippen LogP contribution in [0.4, 0.5) is 0 Å². The maximum absolute atomic E-state index is 2.79. The Morgan fingerprint density at radius 2 is 1.08 bits per heavy atom. The molecule has 0 N–H and O–H groups in total. The van der Waals surface area contributed by atoms with E-state index in [1.165, 1.54) is 32.1 Å². The van der Waals surface area contributed by atoms with E-state index < -0.39 is 0 Å². The van der Waals surface area contributed by atoms with Gasteiger partial charge in [-0.05, 0) is 194 Å². The molecule has 0 bridgehead atoms. The molecule has 0 heterocycles. The van der Waals surface area contributed by atoms with Gasteiger partial charge in [-0.25, -0.2) is 0 Å². The second-order valence-corrected chi connectivity index (χ2v) is 22.5. The van der Waals surface area contributed by atoms with Crippen LogP contribution in [0.3, 0.4) is 0 Å². The fourth-order valence-electron chi connectivity index (χ4n) is 18.7. The van der Waals surface area contributed by atoms with Crippen LogP contribution in [0.25, 0.3) is 0 Å². The van der Waals surface area contributed by atoms with Gasteiger partial charge in [-0.15, -0.1) is 0 Å². The smallest absolute Gasteiger partial charge is 0.0230 e. The highest BCUT2D eigenvalue weighted by Crippen LogP contribution is 2.77. The first kappa shape index (κ1) is 36.0. The first-order valence-electron chi connectivity index (χ1n) is 23.6. The molecule has 15 unspecified atom stereocenters. The number of fused-ring (bicyclic) bond motifs is 13. The molecule has 0 aromatic heterocycles. The van der Waals surface area contributed by atoms with Gasteiger partial charge in [-0.1, -0.05) is 113 Å². The first-order valence-corrected chi connectivity index (χ1v) is 23.6. The summed E-state index contributed by atoms with van der Waals surface area (Å²) in [6.45, 7) is 20.8. The Labute approximate surface area is 306 Å². The quantitative estimate of drug-likeness (QED) is 0.252. The van der Waals surface area contributed by atoms with Crippen LogP contribution < -0.4 is 0 Å². The zero-order chi connectivity index (χ0) is 34.2. The van der Waals surface area contributed by atoms with E-state index in [1.807, 2.05) is 0 Å². The van der Waals surface area contributed by atoms with Crippen LogP contribution in [0.1, 0.15) is 190 Å². The van der Waals surface area contributed by atoms with Crippen molar-refractivity contribution in [1.29, 1.82) is 0 Å². The normalized spacial score (nSPS) is 50.8. The van der Waals surface area contributed by atoms with E-state index >= 15 is 0 Å². The van der Waals surface area contributed by atoms with Crippen LogP contribution in [0.2, 0.25) is 0 Å². The second kappa shape index (κ2) is 14.0. The first-order chi connectivity index (χ1) is 23.6. The van der Waals surface area contributed by atoms with Gasteiger partial charge < -0.3 is 0 Å². The van der Waals surface area contributed by atoms with Gasteiger partial charge in [0.2, 0.25) is 0 Å². The summed E-state index contributed by atoms with van der Waals surface area (Å²) in [6, 6.07) is 0. The van der Waals surface area contributed by atoms with Crippen molar-refractivity contribution in [3.8, 4) is 0 Å². The van der Waals surface area contributed by atoms with Crippen molar-refractivity contribution in [3.63, 3.8) is 0 Å². The van der Waals surface area contributed by atoms with Gasteiger partial charge in [0.15, 0.2) is 0 Å². The number of hydrogen-bond acceptors (Lipinski definition) is 0. The zero-order valence-corrected chi connectivity index (χ0v) is 34.2. The Morgan fingerprint density at radius 3 is 1.71 bits per heavy atom. The molecule has 0 amide bonds. The molecular formula is C49H84. The molecule has 280 valence electrons. The third-order valence-corrected chi connectivity index (χ3v) is 20.0. The van der Waals surface area contributed by atoms with E-state index in [2.05, 4.69) is 55.4 Å². The molecule has 8 aliphatic rings. The summed E-state index contributed by atoms with van der Waals surface area (Å²) in [5.74, 6) is 19.1. The molecule has 0 radical (unpaired) electrons. The molecule has 1 spiro atoms. The molecule has 0 nitrogen and oxygen atoms in total. The monoisotopic (exact) mass is 673 g/mol. The van der Waals surface area contributed by atoms with Gasteiger partial charge in [0.05, 0.1) is 0 Å². The molecule has 8 rings (SSSR count). The summed E-state index contributed by atoms with van der Waals surface area (Å²) in [4.78, 5) is 0. The number of rotatable bonds is 7. The van der Waals surface area contributed by atoms with E-state index in [4.69, 9.17) is 0 Å². The maximum atomic E-state index is 2.79. The third kappa shape index (κ3) is 5.92. The minimum atomic E-state index is 0.487. The summed E-state index contributed by atoms with van der Waals surface area (Å²) in [5.41, 5.74) is 1.16. The Hall–Kier alpha value is 0. The van der Waals surface area contributed by atoms with Crippen LogP contribution in [-0.2, 0) is 0 Å². The topological polar surface area (TPSA) is 0 Å². The lowest BCUT2D eigenvalue weighted by Crippen LogP contribution is -2.50. The van der Waals surface area contributed by atoms with Gasteiger partial charge >= 0.3 is 0 Å². The van der Waals surface area contributed by atoms with E-state index in [0.717, 1.165) is 107 Å². The van der Waals surface area contributed by atoms with E-state index in [1.54, 1.807) is 103 Å². The van der Waals surface area contributed by atoms with Crippen molar-refractivity contribution in [1.82, 2.24) is 0 Å². The van der Waals surface area contributed by atoms with Gasteiger partial charge in [0.25, 0.3) is 0 Å². The number of hydrogen-bond donors (Lipinski definition) is 0. The highest BCUT2D eigenvalue weighted by Gasteiger charge is 2.70. The molecule has 0 aromatic rings. The summed E-state index contributed by atoms with van der Waals surface area (Å²) in [6.07, 6.45) is 33.0. The molecule has 0 saturated heterocycles. The summed E-state index contributed by atoms with van der Waals surface area (Å²) in [7, 11) is 0. The molecular weight excluding hydrogens is 589 g/mol. The lowest BCUT2D eigenvalue weighted by Gasteiger charge is -2.58. The summed E-state index contributed by atoms with van der Waals surface area (Å²) < 4.78 is 0. The molecule has 0 heteroatoms. The van der Waals surface area contributed by atoms with Crippen molar-refractivity contribution in [2.75, 3.05) is 0 Å². The fourth-order valence-corrected chi connectivity index (χ4v) is 18.7. The molecule has 0 aromatic carbocycles. The SMILES string of the molecule is CCC(CC)C1CC2(CC(C(CC)CC)C1C)C1CCC3C(CC(C)(C)C)CCCC3C1C1C3CC4CCC5CCCCC5C4C3CCC12. The van der Waals surface area contributed by atoms with Crippen molar-refractivity contribution in [2.45, 2.75) is 190 Å². The minimum absolute atomic E-state index is 0.487. The van der Waals surface area contributed by atoms with E-state index in [9.17, 15) is 0 Å². The van der Waals surface area contributed by atoms with Gasteiger partial charge in [-0.3, -0.25) is 0 Å². The van der Waals surface area contributed by atoms with Gasteiger partial charge in [0, 0.05) is 0 Å². The van der Waals surface area contributed by atoms with Crippen LogP contribution in [0.5, 0.6) is 0 Å². The molecule has 15 atom stereocenters. The van der Waals surface area contributed by atoms with Crippen molar-refractivity contribution in [2.24, 2.45) is 117 Å². The van der Waals surface area contributed by atoms with Crippen LogP contribution in [0, 0.1) is 117 Å². The Bertz CT molecular complexity index is 1080. The second-order valence-electron chi connectivity index (χ2n) is 22.5. The average Bonchev–Trinajstić information content (AvgIpc) is 3.61. The minimum Gasteiger partial charge on any atom is -0.0651 e. The summed E-state index contributed by atoms with van der Waals surface area (Å²) in [5, 5.41) is 0. The fraction of sp³-hybridized carbons (Fsp3) is 1.00. The average molecular weight is 673 g/mol. The van der Waals surface area contributed by atoms with Crippen molar-refractivity contribution in [3.05, 3.63) is 0 Å². The van der Waals surface area contributed by atoms with Crippen LogP contribution in [-0.4, -0.2) is 0 Å². The molecule has 49 heavy (non-hydrogen) atoms. The lowest BCUT2D eigenvalue weighted by atomic mass is 9.47. The Morgan fingerprint density at radius 1 is 0.531 bits per heavy atom. The Balaban J connectivity index is 1.21. The highest BCUT2D eigenvalue weighted by molar-refractivity contribution is 5.18. The largest absolute Gasteiger partial charge is 0.0651 e. The van der Waals surface area contributed by atoms with Crippen LogP contribution >= 0.6 is 0 Å². The molecule has 8 aliphatic carbocycles. The third-order valence-electron chi connectivity index (χ3n) is 20.0. The zero-order valence-electron chi connectivity index (χ0n) is 34.2. The maximum Gasteiger partial charge on any atom is -0.0230 e. The molecule has 0 aliphatic heterocycles. The van der Waals surface area contributed by atoms with E-state index in [-0.39, 0.29) is 0 Å². The lowest BCUT2D eigenvalue weighted by molar-refractivity contribution is -0.0899.